The number of anilines is 2. The Kier molecular flexibility index (Phi) is 5.23. The first-order valence-electron chi connectivity index (χ1n) is 9.49. The first-order valence-corrected chi connectivity index (χ1v) is 9.49. The van der Waals surface area contributed by atoms with Crippen LogP contribution in [0.2, 0.25) is 0 Å². The van der Waals surface area contributed by atoms with E-state index in [0.717, 1.165) is 30.2 Å². The number of piperidine rings is 1. The molecular formula is C21H24N6O. The number of H-pyrrole nitrogens is 1. The van der Waals surface area contributed by atoms with Gasteiger partial charge in [0.25, 0.3) is 0 Å². The Morgan fingerprint density at radius 1 is 1.00 bits per heavy atom. The number of imidazole rings is 1. The lowest BCUT2D eigenvalue weighted by Gasteiger charge is -2.27. The van der Waals surface area contributed by atoms with Crippen LogP contribution in [-0.4, -0.2) is 40.1 Å². The van der Waals surface area contributed by atoms with Crippen LogP contribution < -0.4 is 15.4 Å². The summed E-state index contributed by atoms with van der Waals surface area (Å²) >= 11 is 0. The summed E-state index contributed by atoms with van der Waals surface area (Å²) in [6.45, 7) is 2.09. The Morgan fingerprint density at radius 3 is 2.61 bits per heavy atom. The summed E-state index contributed by atoms with van der Waals surface area (Å²) in [5.41, 5.74) is 7.13. The van der Waals surface area contributed by atoms with Gasteiger partial charge in [-0.1, -0.05) is 36.4 Å². The second kappa shape index (κ2) is 8.12. The summed E-state index contributed by atoms with van der Waals surface area (Å²) in [5.74, 6) is 2.26. The molecule has 0 amide bonds. The minimum atomic E-state index is 0.397. The topological polar surface area (TPSA) is 92.9 Å². The molecule has 0 radical (unpaired) electrons. The second-order valence-corrected chi connectivity index (χ2v) is 6.75. The molecule has 2 aromatic heterocycles. The van der Waals surface area contributed by atoms with E-state index in [1.807, 2.05) is 24.3 Å². The normalized spacial score (nSPS) is 14.0. The fourth-order valence-corrected chi connectivity index (χ4v) is 3.55. The van der Waals surface area contributed by atoms with Gasteiger partial charge in [0.15, 0.2) is 17.4 Å². The van der Waals surface area contributed by atoms with Crippen LogP contribution in [0.3, 0.4) is 0 Å². The third-order valence-corrected chi connectivity index (χ3v) is 4.91. The zero-order valence-corrected chi connectivity index (χ0v) is 15.9. The number of rotatable bonds is 2. The van der Waals surface area contributed by atoms with Gasteiger partial charge < -0.3 is 20.4 Å². The van der Waals surface area contributed by atoms with Crippen molar-refractivity contribution in [3.8, 4) is 5.75 Å². The van der Waals surface area contributed by atoms with Crippen molar-refractivity contribution in [2.24, 2.45) is 0 Å². The van der Waals surface area contributed by atoms with E-state index < -0.39 is 0 Å². The molecule has 0 atom stereocenters. The maximum atomic E-state index is 5.64. The molecule has 2 aromatic carbocycles. The number of ether oxygens (including phenoxy) is 1. The Labute approximate surface area is 163 Å². The third kappa shape index (κ3) is 3.69. The molecule has 0 aliphatic carbocycles. The van der Waals surface area contributed by atoms with Crippen LogP contribution in [0.1, 0.15) is 19.3 Å². The highest BCUT2D eigenvalue weighted by Crippen LogP contribution is 2.25. The number of nitrogens with zero attached hydrogens (tertiary/aromatic N) is 4. The number of benzene rings is 2. The van der Waals surface area contributed by atoms with E-state index in [2.05, 4.69) is 43.0 Å². The molecule has 0 spiro atoms. The summed E-state index contributed by atoms with van der Waals surface area (Å²) < 4.78 is 5.23. The predicted octanol–water partition coefficient (Wildman–Crippen LogP) is 3.77. The molecule has 144 valence electrons. The van der Waals surface area contributed by atoms with Gasteiger partial charge in [-0.2, -0.15) is 4.98 Å². The lowest BCUT2D eigenvalue weighted by molar-refractivity contribution is 0.420. The van der Waals surface area contributed by atoms with Crippen LogP contribution in [0.4, 0.5) is 11.8 Å². The Bertz CT molecular complexity index is 1070. The van der Waals surface area contributed by atoms with Gasteiger partial charge in [-0.25, -0.2) is 9.97 Å². The van der Waals surface area contributed by atoms with E-state index in [1.54, 1.807) is 13.4 Å². The molecule has 5 rings (SSSR count). The summed E-state index contributed by atoms with van der Waals surface area (Å²) in [5, 5.41) is 2.39. The molecule has 4 aromatic rings. The molecule has 7 heteroatoms. The third-order valence-electron chi connectivity index (χ3n) is 4.91. The van der Waals surface area contributed by atoms with E-state index >= 15 is 0 Å². The van der Waals surface area contributed by atoms with E-state index in [4.69, 9.17) is 10.5 Å². The summed E-state index contributed by atoms with van der Waals surface area (Å²) in [6.07, 6.45) is 5.28. The first kappa shape index (κ1) is 18.0. The van der Waals surface area contributed by atoms with Gasteiger partial charge in [-0.15, -0.1) is 0 Å². The number of hydrogen-bond acceptors (Lipinski definition) is 6. The van der Waals surface area contributed by atoms with Gasteiger partial charge in [0.2, 0.25) is 0 Å². The van der Waals surface area contributed by atoms with Crippen molar-refractivity contribution in [1.29, 1.82) is 0 Å². The van der Waals surface area contributed by atoms with Crippen LogP contribution >= 0.6 is 0 Å². The molecule has 1 aliphatic rings. The average Bonchev–Trinajstić information content (AvgIpc) is 3.14. The Morgan fingerprint density at radius 2 is 1.79 bits per heavy atom. The average molecular weight is 376 g/mol. The lowest BCUT2D eigenvalue weighted by Crippen LogP contribution is -2.30. The van der Waals surface area contributed by atoms with Gasteiger partial charge in [0, 0.05) is 18.5 Å². The standard InChI is InChI=1S/C11H10O.C10H14N6/c1-12-11-8-4-6-9-5-2-3-7-10(9)11;11-10-14-7-8(15-10)12-6-13-9(7)16-4-2-1-3-5-16/h2-8H,1H3;6H,1-5H2,(H3,11,12,13,14,15). The molecule has 0 saturated carbocycles. The maximum absolute atomic E-state index is 5.64. The van der Waals surface area contributed by atoms with Crippen LogP contribution in [0, 0.1) is 0 Å². The number of nitrogens with one attached hydrogen (secondary N) is 1. The zero-order chi connectivity index (χ0) is 19.3. The predicted molar refractivity (Wildman–Crippen MR) is 113 cm³/mol. The molecule has 1 fully saturated rings. The lowest BCUT2D eigenvalue weighted by atomic mass is 10.1. The SMILES string of the molecule is COc1cccc2ccccc12.Nc1nc2ncnc(N3CCCCC3)c2[nH]1. The summed E-state index contributed by atoms with van der Waals surface area (Å²) in [7, 11) is 1.70. The monoisotopic (exact) mass is 376 g/mol. The fraction of sp³-hybridized carbons (Fsp3) is 0.286. The molecule has 3 heterocycles. The fourth-order valence-electron chi connectivity index (χ4n) is 3.55. The smallest absolute Gasteiger partial charge is 0.200 e. The van der Waals surface area contributed by atoms with Gasteiger partial charge in [-0.3, -0.25) is 0 Å². The molecule has 3 N–H and O–H groups in total. The van der Waals surface area contributed by atoms with Crippen LogP contribution in [0.5, 0.6) is 5.75 Å². The molecular weight excluding hydrogens is 352 g/mol. The minimum Gasteiger partial charge on any atom is -0.496 e. The summed E-state index contributed by atoms with van der Waals surface area (Å²) in [6, 6.07) is 14.2. The molecule has 7 nitrogen and oxygen atoms in total. The van der Waals surface area contributed by atoms with E-state index in [0.29, 0.717) is 11.6 Å². The zero-order valence-electron chi connectivity index (χ0n) is 15.9. The summed E-state index contributed by atoms with van der Waals surface area (Å²) in [4.78, 5) is 17.8. The van der Waals surface area contributed by atoms with Crippen LogP contribution in [0.15, 0.2) is 48.8 Å². The second-order valence-electron chi connectivity index (χ2n) is 6.75. The van der Waals surface area contributed by atoms with Gasteiger partial charge >= 0.3 is 0 Å². The highest BCUT2D eigenvalue weighted by Gasteiger charge is 2.17. The van der Waals surface area contributed by atoms with Crippen molar-refractivity contribution in [1.82, 2.24) is 19.9 Å². The van der Waals surface area contributed by atoms with E-state index in [9.17, 15) is 0 Å². The number of nitrogen functional groups attached to an aromatic ring is 1. The van der Waals surface area contributed by atoms with Crippen LogP contribution in [0.25, 0.3) is 21.9 Å². The quantitative estimate of drug-likeness (QED) is 0.553. The first-order chi connectivity index (χ1) is 13.8. The van der Waals surface area contributed by atoms with Crippen molar-refractivity contribution < 1.29 is 4.74 Å². The molecule has 1 saturated heterocycles. The Hall–Kier alpha value is -3.35. The van der Waals surface area contributed by atoms with Crippen molar-refractivity contribution in [3.05, 3.63) is 48.8 Å². The van der Waals surface area contributed by atoms with Crippen molar-refractivity contribution in [2.45, 2.75) is 19.3 Å². The number of hydrogen-bond donors (Lipinski definition) is 2. The van der Waals surface area contributed by atoms with Gasteiger partial charge in [0.05, 0.1) is 7.11 Å². The van der Waals surface area contributed by atoms with Crippen molar-refractivity contribution in [3.63, 3.8) is 0 Å². The number of aromatic nitrogens is 4. The minimum absolute atomic E-state index is 0.397. The van der Waals surface area contributed by atoms with Crippen molar-refractivity contribution in [2.75, 3.05) is 30.8 Å². The number of fused-ring (bicyclic) bond motifs is 2. The Balaban J connectivity index is 0.000000143. The highest BCUT2D eigenvalue weighted by atomic mass is 16.5. The number of nitrogens with two attached hydrogens (primary N) is 1. The maximum Gasteiger partial charge on any atom is 0.200 e. The van der Waals surface area contributed by atoms with Gasteiger partial charge in [0.1, 0.15) is 17.6 Å². The van der Waals surface area contributed by atoms with Crippen LogP contribution in [-0.2, 0) is 0 Å². The largest absolute Gasteiger partial charge is 0.496 e. The van der Waals surface area contributed by atoms with E-state index in [-0.39, 0.29) is 0 Å². The highest BCUT2D eigenvalue weighted by molar-refractivity contribution is 5.88. The molecule has 0 bridgehead atoms. The molecule has 1 aliphatic heterocycles. The van der Waals surface area contributed by atoms with Crippen molar-refractivity contribution >= 4 is 33.7 Å². The van der Waals surface area contributed by atoms with Gasteiger partial charge in [-0.05, 0) is 30.7 Å². The molecule has 28 heavy (non-hydrogen) atoms. The molecule has 0 unspecified atom stereocenters. The number of methoxy groups -OCH3 is 1. The van der Waals surface area contributed by atoms with E-state index in [1.165, 1.54) is 30.0 Å². The number of aromatic amines is 1.